The van der Waals surface area contributed by atoms with E-state index >= 15 is 0 Å². The number of carbonyl (C=O) groups excluding carboxylic acids is 2. The number of aromatic nitrogens is 4. The Labute approximate surface area is 118 Å². The predicted octanol–water partition coefficient (Wildman–Crippen LogP) is 1.01. The fourth-order valence-corrected chi connectivity index (χ4v) is 2.30. The summed E-state index contributed by atoms with van der Waals surface area (Å²) in [4.78, 5) is 28.0. The first-order valence-electron chi connectivity index (χ1n) is 5.83. The zero-order chi connectivity index (χ0) is 14.7. The molecule has 0 aliphatic heterocycles. The summed E-state index contributed by atoms with van der Waals surface area (Å²) in [6.45, 7) is 3.70. The van der Waals surface area contributed by atoms with Gasteiger partial charge in [-0.15, -0.1) is 5.10 Å². The first kappa shape index (κ1) is 14.1. The molecule has 2 aromatic rings. The number of aryl methyl sites for hydroxylation is 2. The smallest absolute Gasteiger partial charge is 0.350 e. The molecule has 0 unspecified atom stereocenters. The second-order valence-corrected chi connectivity index (χ2v) is 4.88. The van der Waals surface area contributed by atoms with Gasteiger partial charge in [0.1, 0.15) is 4.88 Å². The quantitative estimate of drug-likeness (QED) is 0.845. The molecule has 8 nitrogen and oxygen atoms in total. The second-order valence-electron chi connectivity index (χ2n) is 3.89. The SMILES string of the molecule is CCOC(=O)c1sc(NC(=O)c2cn(C)nn2)nc1C. The molecule has 0 aromatic carbocycles. The lowest BCUT2D eigenvalue weighted by Gasteiger charge is -1.97. The highest BCUT2D eigenvalue weighted by Crippen LogP contribution is 2.23. The fraction of sp³-hybridized carbons (Fsp3) is 0.364. The van der Waals surface area contributed by atoms with Gasteiger partial charge >= 0.3 is 5.97 Å². The zero-order valence-electron chi connectivity index (χ0n) is 11.2. The maximum atomic E-state index is 11.9. The van der Waals surface area contributed by atoms with Crippen LogP contribution in [0, 0.1) is 6.92 Å². The van der Waals surface area contributed by atoms with Gasteiger partial charge in [-0.25, -0.2) is 9.78 Å². The van der Waals surface area contributed by atoms with Crippen LogP contribution in [0.2, 0.25) is 0 Å². The second kappa shape index (κ2) is 5.78. The average Bonchev–Trinajstić information content (AvgIpc) is 2.96. The van der Waals surface area contributed by atoms with E-state index in [-0.39, 0.29) is 12.3 Å². The van der Waals surface area contributed by atoms with Crippen molar-refractivity contribution in [1.29, 1.82) is 0 Å². The molecule has 1 amide bonds. The highest BCUT2D eigenvalue weighted by atomic mass is 32.1. The van der Waals surface area contributed by atoms with Crippen LogP contribution >= 0.6 is 11.3 Å². The van der Waals surface area contributed by atoms with Crippen molar-refractivity contribution < 1.29 is 14.3 Å². The van der Waals surface area contributed by atoms with Crippen LogP contribution in [-0.2, 0) is 11.8 Å². The number of carbonyl (C=O) groups is 2. The van der Waals surface area contributed by atoms with Crippen LogP contribution < -0.4 is 5.32 Å². The van der Waals surface area contributed by atoms with E-state index in [1.807, 2.05) is 0 Å². The van der Waals surface area contributed by atoms with Gasteiger partial charge in [0.05, 0.1) is 18.5 Å². The van der Waals surface area contributed by atoms with E-state index in [9.17, 15) is 9.59 Å². The molecule has 0 saturated heterocycles. The lowest BCUT2D eigenvalue weighted by molar-refractivity contribution is 0.0531. The summed E-state index contributed by atoms with van der Waals surface area (Å²) in [6.07, 6.45) is 1.49. The van der Waals surface area contributed by atoms with Crippen molar-refractivity contribution in [3.63, 3.8) is 0 Å². The summed E-state index contributed by atoms with van der Waals surface area (Å²) in [5.74, 6) is -0.871. The third-order valence-corrected chi connectivity index (χ3v) is 3.37. The molecule has 20 heavy (non-hydrogen) atoms. The number of rotatable bonds is 4. The molecule has 0 aliphatic rings. The lowest BCUT2D eigenvalue weighted by atomic mass is 10.4. The van der Waals surface area contributed by atoms with Crippen molar-refractivity contribution in [2.24, 2.45) is 7.05 Å². The van der Waals surface area contributed by atoms with Gasteiger partial charge in [0.15, 0.2) is 10.8 Å². The Hall–Kier alpha value is -2.29. The van der Waals surface area contributed by atoms with Gasteiger partial charge < -0.3 is 4.74 Å². The number of anilines is 1. The Morgan fingerprint density at radius 3 is 2.85 bits per heavy atom. The number of hydrogen-bond acceptors (Lipinski definition) is 7. The van der Waals surface area contributed by atoms with Gasteiger partial charge in [-0.2, -0.15) is 0 Å². The van der Waals surface area contributed by atoms with E-state index in [1.165, 1.54) is 10.9 Å². The van der Waals surface area contributed by atoms with Crippen LogP contribution in [0.3, 0.4) is 0 Å². The maximum absolute atomic E-state index is 11.9. The molecule has 0 atom stereocenters. The Morgan fingerprint density at radius 1 is 1.50 bits per heavy atom. The van der Waals surface area contributed by atoms with Crippen molar-refractivity contribution in [3.05, 3.63) is 22.5 Å². The normalized spacial score (nSPS) is 10.3. The number of ether oxygens (including phenoxy) is 1. The Bertz CT molecular complexity index is 648. The highest BCUT2D eigenvalue weighted by molar-refractivity contribution is 7.17. The molecule has 1 N–H and O–H groups in total. The van der Waals surface area contributed by atoms with Crippen molar-refractivity contribution >= 4 is 28.3 Å². The highest BCUT2D eigenvalue weighted by Gasteiger charge is 2.18. The first-order chi connectivity index (χ1) is 9.51. The summed E-state index contributed by atoms with van der Waals surface area (Å²) in [5.41, 5.74) is 0.695. The van der Waals surface area contributed by atoms with Crippen molar-refractivity contribution in [2.75, 3.05) is 11.9 Å². The van der Waals surface area contributed by atoms with Gasteiger partial charge in [0, 0.05) is 7.05 Å². The van der Waals surface area contributed by atoms with Gasteiger partial charge in [-0.1, -0.05) is 16.6 Å². The van der Waals surface area contributed by atoms with E-state index in [4.69, 9.17) is 4.74 Å². The Balaban J connectivity index is 2.12. The largest absolute Gasteiger partial charge is 0.462 e. The van der Waals surface area contributed by atoms with Crippen LogP contribution in [0.1, 0.15) is 32.8 Å². The molecule has 0 spiro atoms. The van der Waals surface area contributed by atoms with Gasteiger partial charge in [0.2, 0.25) is 0 Å². The number of thiazole rings is 1. The minimum absolute atomic E-state index is 0.179. The molecule has 2 aromatic heterocycles. The number of nitrogens with one attached hydrogen (secondary N) is 1. The minimum atomic E-state index is -0.442. The number of esters is 1. The molecule has 0 saturated carbocycles. The van der Waals surface area contributed by atoms with Gasteiger partial charge in [0.25, 0.3) is 5.91 Å². The van der Waals surface area contributed by atoms with Gasteiger partial charge in [-0.05, 0) is 13.8 Å². The first-order valence-corrected chi connectivity index (χ1v) is 6.65. The topological polar surface area (TPSA) is 99.0 Å². The molecular weight excluding hydrogens is 282 g/mol. The predicted molar refractivity (Wildman–Crippen MR) is 71.8 cm³/mol. The molecule has 9 heteroatoms. The molecule has 0 fully saturated rings. The summed E-state index contributed by atoms with van der Waals surface area (Å²) in [5, 5.41) is 10.3. The Morgan fingerprint density at radius 2 is 2.25 bits per heavy atom. The molecule has 106 valence electrons. The summed E-state index contributed by atoms with van der Waals surface area (Å²) in [6, 6.07) is 0. The maximum Gasteiger partial charge on any atom is 0.350 e. The van der Waals surface area contributed by atoms with Crippen molar-refractivity contribution in [2.45, 2.75) is 13.8 Å². The van der Waals surface area contributed by atoms with Gasteiger partial charge in [-0.3, -0.25) is 14.8 Å². The zero-order valence-corrected chi connectivity index (χ0v) is 12.0. The number of hydrogen-bond donors (Lipinski definition) is 1. The molecule has 2 rings (SSSR count). The molecular formula is C11H13N5O3S. The van der Waals surface area contributed by atoms with E-state index < -0.39 is 11.9 Å². The van der Waals surface area contributed by atoms with E-state index in [1.54, 1.807) is 20.9 Å². The van der Waals surface area contributed by atoms with Crippen molar-refractivity contribution in [3.8, 4) is 0 Å². The van der Waals surface area contributed by atoms with E-state index in [2.05, 4.69) is 20.6 Å². The van der Waals surface area contributed by atoms with Crippen LogP contribution in [0.15, 0.2) is 6.20 Å². The molecule has 2 heterocycles. The summed E-state index contributed by atoms with van der Waals surface area (Å²) < 4.78 is 6.33. The van der Waals surface area contributed by atoms with Crippen molar-refractivity contribution in [1.82, 2.24) is 20.0 Å². The molecule has 0 radical (unpaired) electrons. The summed E-state index contributed by atoms with van der Waals surface area (Å²) in [7, 11) is 1.66. The third kappa shape index (κ3) is 2.99. The Kier molecular flexibility index (Phi) is 4.08. The lowest BCUT2D eigenvalue weighted by Crippen LogP contribution is -2.12. The summed E-state index contributed by atoms with van der Waals surface area (Å²) >= 11 is 1.06. The number of nitrogens with zero attached hydrogens (tertiary/aromatic N) is 4. The van der Waals surface area contributed by atoms with Crippen LogP contribution in [-0.4, -0.2) is 38.5 Å². The van der Waals surface area contributed by atoms with E-state index in [0.717, 1.165) is 11.3 Å². The molecule has 0 aliphatic carbocycles. The minimum Gasteiger partial charge on any atom is -0.462 e. The van der Waals surface area contributed by atoms with E-state index in [0.29, 0.717) is 15.7 Å². The average molecular weight is 295 g/mol. The monoisotopic (exact) mass is 295 g/mol. The standard InChI is InChI=1S/C11H13N5O3S/c1-4-19-10(18)8-6(2)12-11(20-8)13-9(17)7-5-16(3)15-14-7/h5H,4H2,1-3H3,(H,12,13,17). The van der Waals surface area contributed by atoms with Crippen LogP contribution in [0.25, 0.3) is 0 Å². The third-order valence-electron chi connectivity index (χ3n) is 2.31. The van der Waals surface area contributed by atoms with Crippen LogP contribution in [0.5, 0.6) is 0 Å². The molecule has 0 bridgehead atoms. The fourth-order valence-electron chi connectivity index (χ4n) is 1.45. The van der Waals surface area contributed by atoms with Crippen LogP contribution in [0.4, 0.5) is 5.13 Å². The number of amides is 1.